The molecule has 0 unspecified atom stereocenters. The van der Waals surface area contributed by atoms with Crippen LogP contribution in [0.25, 0.3) is 0 Å². The first-order valence-electron chi connectivity index (χ1n) is 10.5. The normalized spacial score (nSPS) is 11.2. The third-order valence-corrected chi connectivity index (χ3v) is 5.34. The van der Waals surface area contributed by atoms with Gasteiger partial charge in [-0.05, 0) is 12.1 Å². The maximum atomic E-state index is 12.9. The molecular weight excluding hydrogens is 474 g/mol. The number of aromatic nitrogens is 3. The Balaban J connectivity index is 1.65. The Morgan fingerprint density at radius 1 is 1.14 bits per heavy atom. The van der Waals surface area contributed by atoms with Crippen LogP contribution in [0.3, 0.4) is 0 Å². The molecule has 3 heterocycles. The van der Waals surface area contributed by atoms with Gasteiger partial charge in [-0.3, -0.25) is 28.9 Å². The quantitative estimate of drug-likeness (QED) is 0.146. The first kappa shape index (κ1) is 25.5. The maximum Gasteiger partial charge on any atom is 0.332 e. The molecule has 0 radical (unpaired) electrons. The molecule has 3 amide bonds. The molecule has 15 heteroatoms. The Morgan fingerprint density at radius 3 is 2.44 bits per heavy atom. The highest BCUT2D eigenvalue weighted by Crippen LogP contribution is 2.19. The molecule has 0 aromatic carbocycles. The first-order valence-corrected chi connectivity index (χ1v) is 10.5. The number of nitro groups is 1. The molecule has 0 saturated carbocycles. The van der Waals surface area contributed by atoms with Crippen molar-refractivity contribution in [3.8, 4) is 0 Å². The van der Waals surface area contributed by atoms with E-state index in [-0.39, 0.29) is 36.2 Å². The van der Waals surface area contributed by atoms with E-state index in [0.717, 1.165) is 6.07 Å². The van der Waals surface area contributed by atoms with Crippen molar-refractivity contribution in [2.75, 3.05) is 30.9 Å². The minimum Gasteiger partial charge on any atom is -0.409 e. The highest BCUT2D eigenvalue weighted by atomic mass is 16.6. The van der Waals surface area contributed by atoms with Crippen molar-refractivity contribution in [2.24, 2.45) is 17.9 Å². The van der Waals surface area contributed by atoms with Crippen molar-refractivity contribution < 1.29 is 24.5 Å². The minimum atomic E-state index is -0.595. The zero-order valence-electron chi connectivity index (χ0n) is 19.7. The summed E-state index contributed by atoms with van der Waals surface area (Å²) in [5.41, 5.74) is 6.05. The molecule has 3 aromatic heterocycles. The van der Waals surface area contributed by atoms with Gasteiger partial charge in [0.2, 0.25) is 0 Å². The number of hydrogen-bond donors (Lipinski definition) is 3. The standard InChI is InChI=1S/C21H25N9O6/c1-25(7-6-18(22)24-34)20(32)29-9-5-15(13-29)27(3)21(33)28-8-4-14(11-28)23-19(31)17-10-16(30(35)36)12-26(17)2/h4-5,8-13,34H,6-7H2,1-3H3,(H2,22,24)(H,23,31). The third-order valence-electron chi connectivity index (χ3n) is 5.34. The summed E-state index contributed by atoms with van der Waals surface area (Å²) in [7, 11) is 4.60. The number of nitrogens with zero attached hydrogens (tertiary/aromatic N) is 7. The Labute approximate surface area is 204 Å². The minimum absolute atomic E-state index is 0.000394. The number of amides is 3. The van der Waals surface area contributed by atoms with Crippen molar-refractivity contribution in [1.29, 1.82) is 0 Å². The molecule has 0 spiro atoms. The van der Waals surface area contributed by atoms with Gasteiger partial charge in [0.1, 0.15) is 11.5 Å². The van der Waals surface area contributed by atoms with Crippen molar-refractivity contribution in [2.45, 2.75) is 6.42 Å². The second-order valence-electron chi connectivity index (χ2n) is 7.88. The van der Waals surface area contributed by atoms with Crippen molar-refractivity contribution in [3.63, 3.8) is 0 Å². The molecular formula is C21H25N9O6. The van der Waals surface area contributed by atoms with Gasteiger partial charge >= 0.3 is 12.1 Å². The fourth-order valence-electron chi connectivity index (χ4n) is 3.27. The number of hydrogen-bond acceptors (Lipinski definition) is 7. The number of nitrogens with one attached hydrogen (secondary N) is 1. The summed E-state index contributed by atoms with van der Waals surface area (Å²) in [5, 5.41) is 25.0. The molecule has 0 fully saturated rings. The molecule has 0 aliphatic rings. The number of oxime groups is 1. The molecule has 0 aliphatic heterocycles. The van der Waals surface area contributed by atoms with Gasteiger partial charge in [-0.1, -0.05) is 5.16 Å². The van der Waals surface area contributed by atoms with Crippen molar-refractivity contribution >= 4 is 40.9 Å². The molecule has 0 bridgehead atoms. The highest BCUT2D eigenvalue weighted by molar-refractivity contribution is 6.04. The molecule has 15 nitrogen and oxygen atoms in total. The van der Waals surface area contributed by atoms with Crippen LogP contribution in [0.5, 0.6) is 0 Å². The number of nitrogens with two attached hydrogens (primary N) is 1. The van der Waals surface area contributed by atoms with Crippen LogP contribution in [0.4, 0.5) is 26.7 Å². The van der Waals surface area contributed by atoms with Crippen LogP contribution in [0.15, 0.2) is 54.3 Å². The van der Waals surface area contributed by atoms with Gasteiger partial charge in [-0.25, -0.2) is 9.59 Å². The summed E-state index contributed by atoms with van der Waals surface area (Å²) < 4.78 is 3.87. The van der Waals surface area contributed by atoms with Crippen LogP contribution < -0.4 is 16.0 Å². The second kappa shape index (κ2) is 10.5. The van der Waals surface area contributed by atoms with E-state index < -0.39 is 16.9 Å². The summed E-state index contributed by atoms with van der Waals surface area (Å²) in [5.74, 6) is -0.573. The average molecular weight is 499 g/mol. The van der Waals surface area contributed by atoms with Gasteiger partial charge in [0.05, 0.1) is 22.5 Å². The smallest absolute Gasteiger partial charge is 0.332 e. The molecule has 36 heavy (non-hydrogen) atoms. The Kier molecular flexibility index (Phi) is 7.42. The first-order chi connectivity index (χ1) is 17.0. The zero-order chi connectivity index (χ0) is 26.6. The van der Waals surface area contributed by atoms with Crippen LogP contribution in [0.2, 0.25) is 0 Å². The van der Waals surface area contributed by atoms with Crippen LogP contribution in [-0.2, 0) is 7.05 Å². The maximum absolute atomic E-state index is 12.9. The largest absolute Gasteiger partial charge is 0.409 e. The van der Waals surface area contributed by atoms with E-state index in [1.165, 1.54) is 74.6 Å². The van der Waals surface area contributed by atoms with Crippen molar-refractivity contribution in [1.82, 2.24) is 18.6 Å². The average Bonchev–Trinajstić information content (AvgIpc) is 3.60. The summed E-state index contributed by atoms with van der Waals surface area (Å²) in [4.78, 5) is 51.0. The number of aryl methyl sites for hydroxylation is 1. The van der Waals surface area contributed by atoms with Crippen LogP contribution in [0, 0.1) is 10.1 Å². The van der Waals surface area contributed by atoms with Gasteiger partial charge in [0.25, 0.3) is 11.6 Å². The van der Waals surface area contributed by atoms with Crippen LogP contribution >= 0.6 is 0 Å². The predicted molar refractivity (Wildman–Crippen MR) is 130 cm³/mol. The zero-order valence-corrected chi connectivity index (χ0v) is 19.7. The van der Waals surface area contributed by atoms with Crippen molar-refractivity contribution in [3.05, 3.63) is 65.0 Å². The monoisotopic (exact) mass is 499 g/mol. The third kappa shape index (κ3) is 5.52. The topological polar surface area (TPSA) is 186 Å². The Hall–Kier alpha value is -5.08. The predicted octanol–water partition coefficient (Wildman–Crippen LogP) is 1.93. The van der Waals surface area contributed by atoms with E-state index in [9.17, 15) is 24.5 Å². The lowest BCUT2D eigenvalue weighted by molar-refractivity contribution is -0.384. The summed E-state index contributed by atoms with van der Waals surface area (Å²) in [6.07, 6.45) is 7.25. The molecule has 4 N–H and O–H groups in total. The lowest BCUT2D eigenvalue weighted by Gasteiger charge is -2.18. The van der Waals surface area contributed by atoms with E-state index >= 15 is 0 Å². The van der Waals surface area contributed by atoms with Gasteiger partial charge in [-0.15, -0.1) is 0 Å². The molecule has 3 aromatic rings. The van der Waals surface area contributed by atoms with Crippen LogP contribution in [0.1, 0.15) is 16.9 Å². The number of carbonyl (C=O) groups is 3. The number of amidine groups is 1. The SMILES string of the molecule is CN(CCC(N)=NO)C(=O)n1ccc(N(C)C(=O)n2ccc(NC(=O)c3cc([N+](=O)[O-])cn3C)c2)c1. The van der Waals surface area contributed by atoms with Gasteiger partial charge < -0.3 is 25.7 Å². The van der Waals surface area contributed by atoms with Gasteiger partial charge in [0, 0.05) is 65.0 Å². The summed E-state index contributed by atoms with van der Waals surface area (Å²) in [6.45, 7) is 0.227. The molecule has 0 aliphatic carbocycles. The highest BCUT2D eigenvalue weighted by Gasteiger charge is 2.20. The van der Waals surface area contributed by atoms with E-state index in [1.54, 1.807) is 13.1 Å². The van der Waals surface area contributed by atoms with E-state index in [4.69, 9.17) is 10.9 Å². The molecule has 190 valence electrons. The molecule has 0 atom stereocenters. The number of carbonyl (C=O) groups excluding carboxylic acids is 3. The van der Waals surface area contributed by atoms with E-state index in [1.807, 2.05) is 0 Å². The second-order valence-corrected chi connectivity index (χ2v) is 7.88. The van der Waals surface area contributed by atoms with E-state index in [0.29, 0.717) is 11.4 Å². The number of anilines is 2. The fraction of sp³-hybridized carbons (Fsp3) is 0.238. The lowest BCUT2D eigenvalue weighted by atomic mass is 10.3. The Morgan fingerprint density at radius 2 is 1.81 bits per heavy atom. The van der Waals surface area contributed by atoms with Crippen LogP contribution in [-0.4, -0.2) is 73.2 Å². The molecule has 0 saturated heterocycles. The Bertz CT molecular complexity index is 1340. The van der Waals surface area contributed by atoms with Gasteiger partial charge in [0.15, 0.2) is 0 Å². The summed E-state index contributed by atoms with van der Waals surface area (Å²) in [6, 6.07) is 3.41. The number of rotatable bonds is 7. The fourth-order valence-corrected chi connectivity index (χ4v) is 3.27. The van der Waals surface area contributed by atoms with Gasteiger partial charge in [-0.2, -0.15) is 0 Å². The summed E-state index contributed by atoms with van der Waals surface area (Å²) >= 11 is 0. The lowest BCUT2D eigenvalue weighted by Crippen LogP contribution is -2.33. The van der Waals surface area contributed by atoms with E-state index in [2.05, 4.69) is 10.5 Å². The molecule has 3 rings (SSSR count).